The van der Waals surface area contributed by atoms with Crippen molar-refractivity contribution in [2.24, 2.45) is 0 Å². The van der Waals surface area contributed by atoms with Crippen LogP contribution in [-0.4, -0.2) is 15.6 Å². The molecule has 0 spiro atoms. The first-order chi connectivity index (χ1) is 12.6. The highest BCUT2D eigenvalue weighted by atomic mass is 35.5. The smallest absolute Gasteiger partial charge is 0.258 e. The quantitative estimate of drug-likeness (QED) is 0.670. The van der Waals surface area contributed by atoms with E-state index in [-0.39, 0.29) is 5.11 Å². The summed E-state index contributed by atoms with van der Waals surface area (Å²) in [6, 6.07) is 17.9. The molecule has 1 amide bonds. The van der Waals surface area contributed by atoms with E-state index in [4.69, 9.17) is 23.8 Å². The summed E-state index contributed by atoms with van der Waals surface area (Å²) in [6.45, 7) is 0. The van der Waals surface area contributed by atoms with E-state index in [1.54, 1.807) is 42.5 Å². The van der Waals surface area contributed by atoms with Gasteiger partial charge in [0.2, 0.25) is 0 Å². The van der Waals surface area contributed by atoms with Crippen molar-refractivity contribution in [3.05, 3.63) is 83.1 Å². The summed E-state index contributed by atoms with van der Waals surface area (Å²) >= 11 is 11.2. The van der Waals surface area contributed by atoms with Crippen LogP contribution in [0.1, 0.15) is 15.9 Å². The zero-order valence-electron chi connectivity index (χ0n) is 13.4. The molecule has 26 heavy (non-hydrogen) atoms. The predicted molar refractivity (Wildman–Crippen MR) is 106 cm³/mol. The van der Waals surface area contributed by atoms with Crippen LogP contribution in [0.15, 0.2) is 67.0 Å². The lowest BCUT2D eigenvalue weighted by molar-refractivity contribution is 0.0978. The molecule has 2 N–H and O–H groups in total. The number of amides is 1. The van der Waals surface area contributed by atoms with Gasteiger partial charge in [0.05, 0.1) is 21.8 Å². The van der Waals surface area contributed by atoms with Crippen LogP contribution in [0.2, 0.25) is 5.02 Å². The summed E-state index contributed by atoms with van der Waals surface area (Å²) in [7, 11) is 0. The van der Waals surface area contributed by atoms with E-state index in [9.17, 15) is 10.1 Å². The average molecular weight is 381 g/mol. The Bertz CT molecular complexity index is 1010. The van der Waals surface area contributed by atoms with Crippen LogP contribution in [0, 0.1) is 11.3 Å². The molecular formula is C19H13ClN4OS. The lowest BCUT2D eigenvalue weighted by atomic mass is 10.1. The normalized spacial score (nSPS) is 10.0. The Morgan fingerprint density at radius 3 is 2.54 bits per heavy atom. The summed E-state index contributed by atoms with van der Waals surface area (Å²) < 4.78 is 1.85. The number of hydrogen-bond donors (Lipinski definition) is 2. The van der Waals surface area contributed by atoms with E-state index in [2.05, 4.69) is 16.7 Å². The van der Waals surface area contributed by atoms with Gasteiger partial charge in [-0.05, 0) is 54.7 Å². The molecule has 0 fully saturated rings. The molecule has 128 valence electrons. The zero-order chi connectivity index (χ0) is 18.5. The van der Waals surface area contributed by atoms with Crippen LogP contribution in [0.5, 0.6) is 0 Å². The third-order valence-corrected chi connectivity index (χ3v) is 4.14. The number of nitriles is 1. The molecular weight excluding hydrogens is 368 g/mol. The predicted octanol–water partition coefficient (Wildman–Crippen LogP) is 4.13. The van der Waals surface area contributed by atoms with Gasteiger partial charge in [-0.3, -0.25) is 10.1 Å². The second-order valence-electron chi connectivity index (χ2n) is 5.32. The van der Waals surface area contributed by atoms with Crippen molar-refractivity contribution in [2.75, 3.05) is 5.32 Å². The van der Waals surface area contributed by atoms with Crippen LogP contribution in [0.25, 0.3) is 5.69 Å². The van der Waals surface area contributed by atoms with Gasteiger partial charge >= 0.3 is 0 Å². The van der Waals surface area contributed by atoms with Gasteiger partial charge in [0, 0.05) is 18.1 Å². The van der Waals surface area contributed by atoms with E-state index in [1.165, 1.54) is 0 Å². The Labute approximate surface area is 160 Å². The number of nitrogens with one attached hydrogen (secondary N) is 2. The fourth-order valence-electron chi connectivity index (χ4n) is 2.40. The summed E-state index contributed by atoms with van der Waals surface area (Å²) in [5.74, 6) is -0.405. The van der Waals surface area contributed by atoms with Crippen molar-refractivity contribution in [2.45, 2.75) is 0 Å². The number of thiocarbonyl (C=S) groups is 1. The Morgan fingerprint density at radius 2 is 1.85 bits per heavy atom. The van der Waals surface area contributed by atoms with Gasteiger partial charge in [0.15, 0.2) is 5.11 Å². The van der Waals surface area contributed by atoms with Crippen molar-refractivity contribution in [1.29, 1.82) is 5.26 Å². The third-order valence-electron chi connectivity index (χ3n) is 3.60. The van der Waals surface area contributed by atoms with Crippen molar-refractivity contribution in [1.82, 2.24) is 9.88 Å². The van der Waals surface area contributed by atoms with Crippen molar-refractivity contribution in [3.8, 4) is 11.8 Å². The number of benzene rings is 2. The number of carbonyl (C=O) groups is 1. The second-order valence-corrected chi connectivity index (χ2v) is 6.14. The highest BCUT2D eigenvalue weighted by molar-refractivity contribution is 7.80. The standard InChI is InChI=1S/C19H13ClN4OS/c20-16-6-2-1-5-15(16)18(25)23-19(26)22-14-7-8-17(13(11-14)12-21)24-9-3-4-10-24/h1-11H,(H2,22,23,25,26). The Morgan fingerprint density at radius 1 is 1.12 bits per heavy atom. The molecule has 1 heterocycles. The molecule has 3 rings (SSSR count). The van der Waals surface area contributed by atoms with E-state index in [0.717, 1.165) is 5.69 Å². The number of anilines is 1. The Hall–Kier alpha value is -3.14. The molecule has 0 aliphatic carbocycles. The molecule has 3 aromatic rings. The van der Waals surface area contributed by atoms with Gasteiger partial charge in [-0.2, -0.15) is 5.26 Å². The van der Waals surface area contributed by atoms with Gasteiger partial charge in [-0.25, -0.2) is 0 Å². The molecule has 0 unspecified atom stereocenters. The second kappa shape index (κ2) is 7.83. The van der Waals surface area contributed by atoms with Crippen LogP contribution < -0.4 is 10.6 Å². The summed E-state index contributed by atoms with van der Waals surface area (Å²) in [4.78, 5) is 12.2. The third kappa shape index (κ3) is 3.91. The fourth-order valence-corrected chi connectivity index (χ4v) is 2.83. The minimum Gasteiger partial charge on any atom is -0.332 e. The van der Waals surface area contributed by atoms with Gasteiger partial charge in [-0.1, -0.05) is 23.7 Å². The maximum atomic E-state index is 12.2. The van der Waals surface area contributed by atoms with Crippen LogP contribution in [-0.2, 0) is 0 Å². The fraction of sp³-hybridized carbons (Fsp3) is 0. The maximum Gasteiger partial charge on any atom is 0.258 e. The van der Waals surface area contributed by atoms with Crippen molar-refractivity contribution < 1.29 is 4.79 Å². The van der Waals surface area contributed by atoms with Crippen molar-refractivity contribution in [3.63, 3.8) is 0 Å². The Kier molecular flexibility index (Phi) is 5.32. The van der Waals surface area contributed by atoms with Gasteiger partial charge in [-0.15, -0.1) is 0 Å². The van der Waals surface area contributed by atoms with Gasteiger partial charge < -0.3 is 9.88 Å². The molecule has 0 saturated carbocycles. The average Bonchev–Trinajstić information content (AvgIpc) is 3.16. The first-order valence-corrected chi connectivity index (χ1v) is 8.41. The molecule has 0 bridgehead atoms. The SMILES string of the molecule is N#Cc1cc(NC(=S)NC(=O)c2ccccc2Cl)ccc1-n1cccc1. The molecule has 1 aromatic heterocycles. The van der Waals surface area contributed by atoms with Crippen molar-refractivity contribution >= 4 is 40.5 Å². The minimum absolute atomic E-state index is 0.118. The number of halogens is 1. The molecule has 0 radical (unpaired) electrons. The van der Waals surface area contributed by atoms with Gasteiger partial charge in [0.1, 0.15) is 6.07 Å². The molecule has 0 saturated heterocycles. The first kappa shape index (κ1) is 17.7. The van der Waals surface area contributed by atoms with Crippen LogP contribution in [0.4, 0.5) is 5.69 Å². The summed E-state index contributed by atoms with van der Waals surface area (Å²) in [5, 5.41) is 15.3. The number of hydrogen-bond acceptors (Lipinski definition) is 3. The van der Waals surface area contributed by atoms with E-state index in [1.807, 2.05) is 29.1 Å². The largest absolute Gasteiger partial charge is 0.332 e. The minimum atomic E-state index is -0.405. The zero-order valence-corrected chi connectivity index (χ0v) is 15.0. The van der Waals surface area contributed by atoms with E-state index >= 15 is 0 Å². The van der Waals surface area contributed by atoms with Crippen LogP contribution >= 0.6 is 23.8 Å². The number of nitrogens with zero attached hydrogens (tertiary/aromatic N) is 2. The summed E-state index contributed by atoms with van der Waals surface area (Å²) in [6.07, 6.45) is 3.72. The van der Waals surface area contributed by atoms with Crippen LogP contribution in [0.3, 0.4) is 0 Å². The first-order valence-electron chi connectivity index (χ1n) is 7.63. The number of aromatic nitrogens is 1. The number of rotatable bonds is 3. The molecule has 0 atom stereocenters. The maximum absolute atomic E-state index is 12.2. The monoisotopic (exact) mass is 380 g/mol. The molecule has 0 aliphatic rings. The highest BCUT2D eigenvalue weighted by Crippen LogP contribution is 2.19. The van der Waals surface area contributed by atoms with Gasteiger partial charge in [0.25, 0.3) is 5.91 Å². The highest BCUT2D eigenvalue weighted by Gasteiger charge is 2.12. The topological polar surface area (TPSA) is 69.8 Å². The summed E-state index contributed by atoms with van der Waals surface area (Å²) in [5.41, 5.74) is 2.17. The van der Waals surface area contributed by atoms with E-state index < -0.39 is 5.91 Å². The lowest BCUT2D eigenvalue weighted by Crippen LogP contribution is -2.34. The van der Waals surface area contributed by atoms with E-state index in [0.29, 0.717) is 21.8 Å². The molecule has 5 nitrogen and oxygen atoms in total. The lowest BCUT2D eigenvalue weighted by Gasteiger charge is -2.12. The molecule has 0 aliphatic heterocycles. The molecule has 7 heteroatoms. The molecule has 2 aromatic carbocycles. The Balaban J connectivity index is 1.73. The number of carbonyl (C=O) groups excluding carboxylic acids is 1.